The van der Waals surface area contributed by atoms with Crippen molar-refractivity contribution < 1.29 is 9.59 Å². The first-order chi connectivity index (χ1) is 5.70. The smallest absolute Gasteiger partial charge is 0.313 e. The van der Waals surface area contributed by atoms with E-state index in [1.807, 2.05) is 0 Å². The summed E-state index contributed by atoms with van der Waals surface area (Å²) >= 11 is 0. The molecule has 1 aromatic rings. The summed E-state index contributed by atoms with van der Waals surface area (Å²) in [5, 5.41) is 2.27. The van der Waals surface area contributed by atoms with Crippen molar-refractivity contribution >= 4 is 17.5 Å². The summed E-state index contributed by atoms with van der Waals surface area (Å²) in [4.78, 5) is 24.7. The highest BCUT2D eigenvalue weighted by atomic mass is 16.2. The first-order valence-electron chi connectivity index (χ1n) is 3.21. The number of aromatic nitrogens is 1. The zero-order chi connectivity index (χ0) is 8.97. The number of nitrogens with zero attached hydrogens (tertiary/aromatic N) is 1. The molecule has 1 rings (SSSR count). The fraction of sp³-hybridized carbons (Fsp3) is 0. The van der Waals surface area contributed by atoms with Crippen molar-refractivity contribution in [2.45, 2.75) is 0 Å². The van der Waals surface area contributed by atoms with E-state index < -0.39 is 11.8 Å². The Hall–Kier alpha value is -1.91. The summed E-state index contributed by atoms with van der Waals surface area (Å²) in [5.41, 5.74) is 5.16. The topological polar surface area (TPSA) is 85.1 Å². The summed E-state index contributed by atoms with van der Waals surface area (Å²) < 4.78 is 0. The molecule has 0 unspecified atom stereocenters. The molecule has 1 aromatic heterocycles. The molecule has 0 aliphatic carbocycles. The molecule has 0 aliphatic heterocycles. The number of primary amides is 1. The van der Waals surface area contributed by atoms with E-state index in [-0.39, 0.29) is 0 Å². The zero-order valence-corrected chi connectivity index (χ0v) is 6.15. The highest BCUT2D eigenvalue weighted by molar-refractivity contribution is 6.39. The molecule has 0 saturated carbocycles. The summed E-state index contributed by atoms with van der Waals surface area (Å²) in [6.07, 6.45) is 2.97. The molecule has 0 aliphatic rings. The molecule has 0 saturated heterocycles. The Labute approximate surface area is 68.6 Å². The van der Waals surface area contributed by atoms with Gasteiger partial charge < -0.3 is 11.1 Å². The predicted octanol–water partition coefficient (Wildman–Crippen LogP) is -0.495. The van der Waals surface area contributed by atoms with Crippen LogP contribution >= 0.6 is 0 Å². The second kappa shape index (κ2) is 3.47. The first kappa shape index (κ1) is 8.19. The van der Waals surface area contributed by atoms with Crippen LogP contribution in [0.2, 0.25) is 0 Å². The van der Waals surface area contributed by atoms with E-state index in [9.17, 15) is 9.59 Å². The van der Waals surface area contributed by atoms with Gasteiger partial charge in [-0.25, -0.2) is 0 Å². The minimum Gasteiger partial charge on any atom is -0.361 e. The highest BCUT2D eigenvalue weighted by Gasteiger charge is 2.07. The van der Waals surface area contributed by atoms with Crippen LogP contribution in [0.1, 0.15) is 0 Å². The van der Waals surface area contributed by atoms with E-state index in [4.69, 9.17) is 5.73 Å². The number of nitrogens with one attached hydrogen (secondary N) is 1. The van der Waals surface area contributed by atoms with Gasteiger partial charge in [-0.2, -0.15) is 0 Å². The molecule has 5 nitrogen and oxygen atoms in total. The number of nitrogens with two attached hydrogens (primary N) is 1. The second-order valence-electron chi connectivity index (χ2n) is 2.06. The van der Waals surface area contributed by atoms with Crippen molar-refractivity contribution in [3.63, 3.8) is 0 Å². The van der Waals surface area contributed by atoms with Crippen molar-refractivity contribution in [3.05, 3.63) is 24.5 Å². The van der Waals surface area contributed by atoms with Gasteiger partial charge in [-0.1, -0.05) is 0 Å². The Balaban J connectivity index is 2.65. The number of rotatable bonds is 1. The largest absolute Gasteiger partial charge is 0.361 e. The molecule has 0 spiro atoms. The third-order valence-corrected chi connectivity index (χ3v) is 1.14. The van der Waals surface area contributed by atoms with Gasteiger partial charge in [0.25, 0.3) is 0 Å². The molecule has 0 radical (unpaired) electrons. The van der Waals surface area contributed by atoms with Crippen molar-refractivity contribution in [1.29, 1.82) is 0 Å². The normalized spacial score (nSPS) is 9.00. The summed E-state index contributed by atoms with van der Waals surface area (Å²) in [7, 11) is 0. The van der Waals surface area contributed by atoms with Crippen LogP contribution in [0.5, 0.6) is 0 Å². The average molecular weight is 165 g/mol. The van der Waals surface area contributed by atoms with E-state index in [0.29, 0.717) is 5.69 Å². The van der Waals surface area contributed by atoms with Gasteiger partial charge in [0, 0.05) is 6.20 Å². The Morgan fingerprint density at radius 3 is 2.75 bits per heavy atom. The van der Waals surface area contributed by atoms with Crippen LogP contribution in [0.15, 0.2) is 24.5 Å². The Bertz CT molecular complexity index is 297. The molecule has 5 heteroatoms. The number of amides is 2. The van der Waals surface area contributed by atoms with Crippen molar-refractivity contribution in [2.75, 3.05) is 5.32 Å². The Morgan fingerprint density at radius 2 is 2.25 bits per heavy atom. The molecule has 0 atom stereocenters. The maximum Gasteiger partial charge on any atom is 0.313 e. The van der Waals surface area contributed by atoms with Crippen LogP contribution in [0.4, 0.5) is 5.69 Å². The van der Waals surface area contributed by atoms with Gasteiger partial charge in [0.15, 0.2) is 0 Å². The molecule has 0 bridgehead atoms. The lowest BCUT2D eigenvalue weighted by molar-refractivity contribution is -0.134. The monoisotopic (exact) mass is 165 g/mol. The number of carbonyl (C=O) groups excluding carboxylic acids is 2. The van der Waals surface area contributed by atoms with E-state index >= 15 is 0 Å². The molecule has 2 amide bonds. The van der Waals surface area contributed by atoms with Crippen molar-refractivity contribution in [1.82, 2.24) is 4.98 Å². The lowest BCUT2D eigenvalue weighted by Crippen LogP contribution is -2.29. The SMILES string of the molecule is NC(=O)C(=O)Nc1cccnc1. The fourth-order valence-electron chi connectivity index (χ4n) is 0.629. The third kappa shape index (κ3) is 2.05. The minimum absolute atomic E-state index is 0.446. The molecule has 1 heterocycles. The van der Waals surface area contributed by atoms with Crippen molar-refractivity contribution in [3.8, 4) is 0 Å². The lowest BCUT2D eigenvalue weighted by Gasteiger charge is -1.99. The lowest BCUT2D eigenvalue weighted by atomic mass is 10.4. The molecule has 0 aromatic carbocycles. The maximum atomic E-state index is 10.7. The molecule has 12 heavy (non-hydrogen) atoms. The van der Waals surface area contributed by atoms with Gasteiger partial charge in [0.05, 0.1) is 11.9 Å². The van der Waals surface area contributed by atoms with Crippen LogP contribution in [-0.4, -0.2) is 16.8 Å². The highest BCUT2D eigenvalue weighted by Crippen LogP contribution is 2.01. The molecular weight excluding hydrogens is 158 g/mol. The van der Waals surface area contributed by atoms with E-state index in [0.717, 1.165) is 0 Å². The quantitative estimate of drug-likeness (QED) is 0.550. The number of anilines is 1. The minimum atomic E-state index is -1.01. The summed E-state index contributed by atoms with van der Waals surface area (Å²) in [5.74, 6) is -1.86. The van der Waals surface area contributed by atoms with Crippen LogP contribution < -0.4 is 11.1 Å². The number of pyridine rings is 1. The average Bonchev–Trinajstić information content (AvgIpc) is 2.06. The molecule has 3 N–H and O–H groups in total. The summed E-state index contributed by atoms with van der Waals surface area (Å²) in [6.45, 7) is 0. The zero-order valence-electron chi connectivity index (χ0n) is 6.15. The molecule has 0 fully saturated rings. The van der Waals surface area contributed by atoms with Crippen LogP contribution in [0.25, 0.3) is 0 Å². The van der Waals surface area contributed by atoms with E-state index in [1.54, 1.807) is 18.3 Å². The predicted molar refractivity (Wildman–Crippen MR) is 42.1 cm³/mol. The number of hydrogen-bond donors (Lipinski definition) is 2. The van der Waals surface area contributed by atoms with Gasteiger partial charge in [0.1, 0.15) is 0 Å². The van der Waals surface area contributed by atoms with Gasteiger partial charge >= 0.3 is 11.8 Å². The van der Waals surface area contributed by atoms with Crippen molar-refractivity contribution in [2.24, 2.45) is 5.73 Å². The van der Waals surface area contributed by atoms with Gasteiger partial charge in [-0.05, 0) is 12.1 Å². The van der Waals surface area contributed by atoms with E-state index in [2.05, 4.69) is 10.3 Å². The number of carbonyl (C=O) groups is 2. The fourth-order valence-corrected chi connectivity index (χ4v) is 0.629. The van der Waals surface area contributed by atoms with Crippen LogP contribution in [-0.2, 0) is 9.59 Å². The molecular formula is C7H7N3O2. The third-order valence-electron chi connectivity index (χ3n) is 1.14. The van der Waals surface area contributed by atoms with Gasteiger partial charge in [0.2, 0.25) is 0 Å². The Morgan fingerprint density at radius 1 is 1.50 bits per heavy atom. The molecule has 62 valence electrons. The van der Waals surface area contributed by atoms with Crippen LogP contribution in [0, 0.1) is 0 Å². The second-order valence-corrected chi connectivity index (χ2v) is 2.06. The number of hydrogen-bond acceptors (Lipinski definition) is 3. The van der Waals surface area contributed by atoms with Crippen LogP contribution in [0.3, 0.4) is 0 Å². The van der Waals surface area contributed by atoms with E-state index in [1.165, 1.54) is 6.20 Å². The summed E-state index contributed by atoms with van der Waals surface area (Å²) in [6, 6.07) is 3.24. The standard InChI is InChI=1S/C7H7N3O2/c8-6(11)7(12)10-5-2-1-3-9-4-5/h1-4H,(H2,8,11)(H,10,12). The maximum absolute atomic E-state index is 10.7. The Kier molecular flexibility index (Phi) is 2.37. The first-order valence-corrected chi connectivity index (χ1v) is 3.21. The van der Waals surface area contributed by atoms with Gasteiger partial charge in [-0.15, -0.1) is 0 Å². The van der Waals surface area contributed by atoms with Gasteiger partial charge in [-0.3, -0.25) is 14.6 Å².